The zero-order valence-electron chi connectivity index (χ0n) is 9.20. The van der Waals surface area contributed by atoms with Crippen molar-refractivity contribution >= 4 is 0 Å². The van der Waals surface area contributed by atoms with Crippen LogP contribution in [-0.4, -0.2) is 24.3 Å². The Kier molecular flexibility index (Phi) is 4.72. The topological polar surface area (TPSA) is 32.3 Å². The van der Waals surface area contributed by atoms with Crippen LogP contribution in [0.25, 0.3) is 0 Å². The molecule has 0 saturated carbocycles. The number of rotatable bonds is 5. The molecule has 15 heavy (non-hydrogen) atoms. The maximum atomic E-state index is 12.7. The number of hydrogen-bond acceptors (Lipinski definition) is 2. The average Bonchev–Trinajstić information content (AvgIpc) is 2.18. The summed E-state index contributed by atoms with van der Waals surface area (Å²) in [7, 11) is 0. The van der Waals surface area contributed by atoms with Gasteiger partial charge in [-0.1, -0.05) is 19.1 Å². The molecule has 2 unspecified atom stereocenters. The Bertz CT molecular complexity index is 284. The Morgan fingerprint density at radius 1 is 1.20 bits per heavy atom. The van der Waals surface area contributed by atoms with Crippen LogP contribution in [0.3, 0.4) is 0 Å². The quantitative estimate of drug-likeness (QED) is 0.779. The Morgan fingerprint density at radius 2 is 1.80 bits per heavy atom. The standard InChI is InChI=1S/C12H18FNO/c1-9(7-14-8-10(2)15)11-3-5-12(13)6-4-11/h3-6,9-10,14-15H,7-8H2,1-2H3. The lowest BCUT2D eigenvalue weighted by atomic mass is 10.0. The summed E-state index contributed by atoms with van der Waals surface area (Å²) < 4.78 is 12.7. The zero-order valence-corrected chi connectivity index (χ0v) is 9.20. The molecule has 0 fully saturated rings. The van der Waals surface area contributed by atoms with E-state index in [0.29, 0.717) is 12.5 Å². The van der Waals surface area contributed by atoms with Crippen molar-refractivity contribution in [2.24, 2.45) is 0 Å². The summed E-state index contributed by atoms with van der Waals surface area (Å²) in [5, 5.41) is 12.2. The molecule has 2 nitrogen and oxygen atoms in total. The van der Waals surface area contributed by atoms with Gasteiger partial charge in [0.05, 0.1) is 6.10 Å². The van der Waals surface area contributed by atoms with Gasteiger partial charge < -0.3 is 10.4 Å². The normalized spacial score (nSPS) is 14.9. The van der Waals surface area contributed by atoms with Gasteiger partial charge in [-0.2, -0.15) is 0 Å². The highest BCUT2D eigenvalue weighted by Gasteiger charge is 2.05. The molecule has 2 N–H and O–H groups in total. The molecule has 1 aromatic carbocycles. The van der Waals surface area contributed by atoms with Crippen molar-refractivity contribution in [3.63, 3.8) is 0 Å². The van der Waals surface area contributed by atoms with E-state index in [9.17, 15) is 4.39 Å². The highest BCUT2D eigenvalue weighted by atomic mass is 19.1. The van der Waals surface area contributed by atoms with E-state index in [0.717, 1.165) is 12.1 Å². The first kappa shape index (κ1) is 12.1. The summed E-state index contributed by atoms with van der Waals surface area (Å²) >= 11 is 0. The van der Waals surface area contributed by atoms with Crippen LogP contribution in [0.1, 0.15) is 25.3 Å². The Hall–Kier alpha value is -0.930. The van der Waals surface area contributed by atoms with Crippen molar-refractivity contribution < 1.29 is 9.50 Å². The number of aliphatic hydroxyl groups is 1. The number of halogens is 1. The summed E-state index contributed by atoms with van der Waals surface area (Å²) in [6.07, 6.45) is -0.328. The molecule has 0 spiro atoms. The lowest BCUT2D eigenvalue weighted by Gasteiger charge is -2.13. The molecule has 1 aromatic rings. The van der Waals surface area contributed by atoms with E-state index < -0.39 is 0 Å². The fourth-order valence-electron chi connectivity index (χ4n) is 1.42. The van der Waals surface area contributed by atoms with Gasteiger partial charge >= 0.3 is 0 Å². The lowest BCUT2D eigenvalue weighted by molar-refractivity contribution is 0.191. The summed E-state index contributed by atoms with van der Waals surface area (Å²) in [6.45, 7) is 5.19. The van der Waals surface area contributed by atoms with E-state index in [-0.39, 0.29) is 11.9 Å². The van der Waals surface area contributed by atoms with Crippen molar-refractivity contribution in [2.45, 2.75) is 25.9 Å². The van der Waals surface area contributed by atoms with Crippen molar-refractivity contribution in [1.82, 2.24) is 5.32 Å². The van der Waals surface area contributed by atoms with Gasteiger partial charge in [0.2, 0.25) is 0 Å². The third-order valence-corrected chi connectivity index (χ3v) is 2.33. The number of aliphatic hydroxyl groups excluding tert-OH is 1. The Morgan fingerprint density at radius 3 is 2.33 bits per heavy atom. The zero-order chi connectivity index (χ0) is 11.3. The second-order valence-electron chi connectivity index (χ2n) is 3.96. The van der Waals surface area contributed by atoms with Crippen LogP contribution in [0.5, 0.6) is 0 Å². The predicted molar refractivity (Wildman–Crippen MR) is 59.4 cm³/mol. The third-order valence-electron chi connectivity index (χ3n) is 2.33. The summed E-state index contributed by atoms with van der Waals surface area (Å²) in [5.41, 5.74) is 1.11. The SMILES string of the molecule is CC(O)CNCC(C)c1ccc(F)cc1. The average molecular weight is 211 g/mol. The van der Waals surface area contributed by atoms with Crippen LogP contribution >= 0.6 is 0 Å². The molecule has 0 saturated heterocycles. The molecule has 0 radical (unpaired) electrons. The summed E-state index contributed by atoms with van der Waals surface area (Å²) in [5.74, 6) is 0.118. The highest BCUT2D eigenvalue weighted by molar-refractivity contribution is 5.20. The minimum absolute atomic E-state index is 0.206. The molecule has 0 heterocycles. The van der Waals surface area contributed by atoms with Crippen molar-refractivity contribution in [2.75, 3.05) is 13.1 Å². The van der Waals surface area contributed by atoms with Gasteiger partial charge in [0.1, 0.15) is 5.82 Å². The van der Waals surface area contributed by atoms with Crippen molar-refractivity contribution in [3.8, 4) is 0 Å². The van der Waals surface area contributed by atoms with Crippen LogP contribution in [-0.2, 0) is 0 Å². The van der Waals surface area contributed by atoms with E-state index in [4.69, 9.17) is 5.11 Å². The number of hydrogen-bond donors (Lipinski definition) is 2. The molecule has 0 aromatic heterocycles. The smallest absolute Gasteiger partial charge is 0.123 e. The minimum Gasteiger partial charge on any atom is -0.392 e. The molecule has 1 rings (SSSR count). The molecule has 2 atom stereocenters. The van der Waals surface area contributed by atoms with E-state index in [2.05, 4.69) is 12.2 Å². The van der Waals surface area contributed by atoms with Crippen molar-refractivity contribution in [1.29, 1.82) is 0 Å². The maximum absolute atomic E-state index is 12.7. The van der Waals surface area contributed by atoms with Gasteiger partial charge in [0, 0.05) is 13.1 Å². The largest absolute Gasteiger partial charge is 0.392 e. The second kappa shape index (κ2) is 5.83. The minimum atomic E-state index is -0.328. The van der Waals surface area contributed by atoms with Crippen LogP contribution in [0.4, 0.5) is 4.39 Å². The van der Waals surface area contributed by atoms with Crippen LogP contribution in [0, 0.1) is 5.82 Å². The van der Waals surface area contributed by atoms with E-state index in [1.54, 1.807) is 19.1 Å². The van der Waals surface area contributed by atoms with Gasteiger partial charge in [-0.15, -0.1) is 0 Å². The molecule has 0 amide bonds. The van der Waals surface area contributed by atoms with Crippen LogP contribution < -0.4 is 5.32 Å². The molecule has 0 bridgehead atoms. The van der Waals surface area contributed by atoms with Crippen molar-refractivity contribution in [3.05, 3.63) is 35.6 Å². The summed E-state index contributed by atoms with van der Waals surface area (Å²) in [6, 6.07) is 6.54. The fourth-order valence-corrected chi connectivity index (χ4v) is 1.42. The van der Waals surface area contributed by atoms with Gasteiger partial charge in [-0.25, -0.2) is 4.39 Å². The lowest BCUT2D eigenvalue weighted by Crippen LogP contribution is -2.27. The maximum Gasteiger partial charge on any atom is 0.123 e. The van der Waals surface area contributed by atoms with Gasteiger partial charge in [-0.05, 0) is 30.5 Å². The summed E-state index contributed by atoms with van der Waals surface area (Å²) in [4.78, 5) is 0. The predicted octanol–water partition coefficient (Wildman–Crippen LogP) is 1.90. The molecular formula is C12H18FNO. The molecular weight excluding hydrogens is 193 g/mol. The first-order chi connectivity index (χ1) is 7.09. The van der Waals surface area contributed by atoms with Gasteiger partial charge in [-0.3, -0.25) is 0 Å². The monoisotopic (exact) mass is 211 g/mol. The van der Waals surface area contributed by atoms with E-state index >= 15 is 0 Å². The number of nitrogens with one attached hydrogen (secondary N) is 1. The van der Waals surface area contributed by atoms with Crippen LogP contribution in [0.2, 0.25) is 0 Å². The molecule has 0 aliphatic rings. The van der Waals surface area contributed by atoms with Gasteiger partial charge in [0.25, 0.3) is 0 Å². The molecule has 84 valence electrons. The first-order valence-electron chi connectivity index (χ1n) is 5.24. The van der Waals surface area contributed by atoms with Crippen LogP contribution in [0.15, 0.2) is 24.3 Å². The molecule has 0 aliphatic heterocycles. The fraction of sp³-hybridized carbons (Fsp3) is 0.500. The van der Waals surface area contributed by atoms with E-state index in [1.165, 1.54) is 12.1 Å². The third kappa shape index (κ3) is 4.40. The highest BCUT2D eigenvalue weighted by Crippen LogP contribution is 2.14. The first-order valence-corrected chi connectivity index (χ1v) is 5.24. The van der Waals surface area contributed by atoms with E-state index in [1.807, 2.05) is 0 Å². The van der Waals surface area contributed by atoms with Gasteiger partial charge in [0.15, 0.2) is 0 Å². The Labute approximate surface area is 90.1 Å². The number of benzene rings is 1. The molecule has 3 heteroatoms. The molecule has 0 aliphatic carbocycles. The second-order valence-corrected chi connectivity index (χ2v) is 3.96. The Balaban J connectivity index is 2.40.